The molecule has 0 spiro atoms. The average molecular weight is 422 g/mol. The van der Waals surface area contributed by atoms with Crippen LogP contribution < -0.4 is 0 Å². The Morgan fingerprint density at radius 1 is 1.13 bits per heavy atom. The zero-order chi connectivity index (χ0) is 21.8. The quantitative estimate of drug-likeness (QED) is 0.674. The largest absolute Gasteiger partial charge is 0.481 e. The minimum atomic E-state index is -0.833. The van der Waals surface area contributed by atoms with E-state index >= 15 is 0 Å². The molecule has 6 rings (SSSR count). The number of carbonyl (C=O) groups excluding carboxylic acids is 1. The first-order chi connectivity index (χ1) is 15.0. The second kappa shape index (κ2) is 9.26. The van der Waals surface area contributed by atoms with Gasteiger partial charge in [0.25, 0.3) is 11.9 Å². The third kappa shape index (κ3) is 5.08. The van der Waals surface area contributed by atoms with E-state index in [2.05, 4.69) is 20.9 Å². The summed E-state index contributed by atoms with van der Waals surface area (Å²) in [5.74, 6) is 0.799. The Kier molecular flexibility index (Phi) is 6.27. The first-order valence-electron chi connectivity index (χ1n) is 10.6. The fourth-order valence-corrected chi connectivity index (χ4v) is 4.48. The van der Waals surface area contributed by atoms with Crippen LogP contribution in [0.2, 0.25) is 0 Å². The van der Waals surface area contributed by atoms with Crippen molar-refractivity contribution in [2.45, 2.75) is 32.4 Å². The number of nitrogens with zero attached hydrogens (tertiary/aromatic N) is 4. The number of aliphatic carboxylic acids is 1. The van der Waals surface area contributed by atoms with Crippen molar-refractivity contribution >= 4 is 22.9 Å². The van der Waals surface area contributed by atoms with Crippen molar-refractivity contribution in [1.29, 1.82) is 0 Å². The molecule has 0 unspecified atom stereocenters. The number of imidazole rings is 1. The second-order valence-corrected chi connectivity index (χ2v) is 8.20. The van der Waals surface area contributed by atoms with E-state index in [4.69, 9.17) is 14.9 Å². The molecule has 3 fully saturated rings. The van der Waals surface area contributed by atoms with Crippen LogP contribution in [0.5, 0.6) is 0 Å². The van der Waals surface area contributed by atoms with Gasteiger partial charge in [-0.3, -0.25) is 19.5 Å². The highest BCUT2D eigenvalue weighted by Gasteiger charge is 2.36. The smallest absolute Gasteiger partial charge is 0.300 e. The number of para-hydroxylation sites is 2. The number of carboxylic acids is 1. The van der Waals surface area contributed by atoms with Crippen molar-refractivity contribution in [1.82, 2.24) is 24.8 Å². The Bertz CT molecular complexity index is 1010. The van der Waals surface area contributed by atoms with Gasteiger partial charge in [0, 0.05) is 45.0 Å². The van der Waals surface area contributed by atoms with Crippen molar-refractivity contribution < 1.29 is 14.7 Å². The number of carboxylic acid groups (broad SMARTS) is 1. The summed E-state index contributed by atoms with van der Waals surface area (Å²) < 4.78 is 0. The van der Waals surface area contributed by atoms with Gasteiger partial charge in [0.1, 0.15) is 5.82 Å². The minimum Gasteiger partial charge on any atom is -0.481 e. The van der Waals surface area contributed by atoms with E-state index in [1.807, 2.05) is 35.2 Å². The summed E-state index contributed by atoms with van der Waals surface area (Å²) in [6.45, 7) is 4.54. The van der Waals surface area contributed by atoms with E-state index in [1.165, 1.54) is 6.42 Å². The molecule has 2 aromatic heterocycles. The number of nitrogens with one attached hydrogen (secondary N) is 1. The monoisotopic (exact) mass is 421 g/mol. The molecule has 3 aliphatic heterocycles. The van der Waals surface area contributed by atoms with E-state index in [-0.39, 0.29) is 5.91 Å². The molecule has 8 heteroatoms. The summed E-state index contributed by atoms with van der Waals surface area (Å²) in [6.07, 6.45) is 5.71. The molecule has 3 aliphatic rings. The van der Waals surface area contributed by atoms with Crippen LogP contribution in [-0.4, -0.2) is 67.4 Å². The average Bonchev–Trinajstić information content (AvgIpc) is 2.94. The number of aromatic amines is 1. The number of piperidine rings is 1. The van der Waals surface area contributed by atoms with Crippen LogP contribution in [-0.2, 0) is 11.3 Å². The van der Waals surface area contributed by atoms with Crippen LogP contribution in [0.1, 0.15) is 35.9 Å². The molecule has 2 atom stereocenters. The molecule has 3 aromatic rings. The molecule has 3 saturated heterocycles. The molecule has 0 saturated carbocycles. The Balaban J connectivity index is 0.000000535. The predicted molar refractivity (Wildman–Crippen MR) is 116 cm³/mol. The number of amides is 1. The van der Waals surface area contributed by atoms with Gasteiger partial charge in [-0.1, -0.05) is 12.1 Å². The van der Waals surface area contributed by atoms with Gasteiger partial charge < -0.3 is 15.0 Å². The lowest BCUT2D eigenvalue weighted by atomic mass is 9.95. The van der Waals surface area contributed by atoms with Gasteiger partial charge in [-0.25, -0.2) is 4.98 Å². The van der Waals surface area contributed by atoms with Crippen molar-refractivity contribution in [3.8, 4) is 0 Å². The Hall–Kier alpha value is -3.26. The molecule has 2 bridgehead atoms. The highest BCUT2D eigenvalue weighted by molar-refractivity contribution is 5.94. The van der Waals surface area contributed by atoms with Crippen molar-refractivity contribution in [2.75, 3.05) is 19.6 Å². The topological polar surface area (TPSA) is 102 Å². The molecule has 0 aliphatic carbocycles. The highest BCUT2D eigenvalue weighted by atomic mass is 16.4. The van der Waals surface area contributed by atoms with Gasteiger partial charge in [0.2, 0.25) is 0 Å². The van der Waals surface area contributed by atoms with Gasteiger partial charge in [-0.2, -0.15) is 0 Å². The number of carbonyl (C=O) groups is 2. The number of H-pyrrole nitrogens is 1. The molecule has 1 amide bonds. The number of hydrogen-bond donors (Lipinski definition) is 2. The van der Waals surface area contributed by atoms with Gasteiger partial charge in [-0.15, -0.1) is 0 Å². The Labute approximate surface area is 180 Å². The lowest BCUT2D eigenvalue weighted by Crippen LogP contribution is -2.44. The maximum atomic E-state index is 12.9. The number of aromatic nitrogens is 3. The fraction of sp³-hybridized carbons (Fsp3) is 0.391. The summed E-state index contributed by atoms with van der Waals surface area (Å²) in [4.78, 5) is 38.7. The summed E-state index contributed by atoms with van der Waals surface area (Å²) in [7, 11) is 0. The standard InChI is InChI=1S/C21H23N5O.C2H4O2/c27-21(16-4-3-9-22-10-16)26-12-15-7-8-17(13-26)25(11-15)14-20-23-18-5-1-2-6-19(18)24-20;1-2(3)4/h1-6,9-10,15,17H,7-8,11-14H2,(H,23,24);1H3,(H,3,4)/t15-,17-;/m1./s1. The van der Waals surface area contributed by atoms with Gasteiger partial charge in [-0.05, 0) is 43.0 Å². The molecule has 8 nitrogen and oxygen atoms in total. The van der Waals surface area contributed by atoms with E-state index < -0.39 is 5.97 Å². The number of pyridine rings is 1. The molecular formula is C23H27N5O3. The first kappa shape index (κ1) is 21.0. The SMILES string of the molecule is CC(=O)O.O=C(c1cccnc1)N1C[C@@H]2CC[C@H](C1)N(Cc1nc3ccccc3[nH]1)C2. The Morgan fingerprint density at radius 3 is 2.68 bits per heavy atom. The van der Waals surface area contributed by atoms with Crippen LogP contribution in [0.3, 0.4) is 0 Å². The molecular weight excluding hydrogens is 394 g/mol. The van der Waals surface area contributed by atoms with Crippen molar-refractivity contribution in [3.63, 3.8) is 0 Å². The van der Waals surface area contributed by atoms with E-state index in [9.17, 15) is 4.79 Å². The van der Waals surface area contributed by atoms with E-state index in [0.717, 1.165) is 56.4 Å². The van der Waals surface area contributed by atoms with Gasteiger partial charge in [0.15, 0.2) is 0 Å². The number of benzene rings is 1. The minimum absolute atomic E-state index is 0.102. The maximum Gasteiger partial charge on any atom is 0.300 e. The fourth-order valence-electron chi connectivity index (χ4n) is 4.48. The highest BCUT2D eigenvalue weighted by Crippen LogP contribution is 2.30. The third-order valence-corrected chi connectivity index (χ3v) is 5.81. The molecule has 1 aromatic carbocycles. The van der Waals surface area contributed by atoms with Crippen LogP contribution >= 0.6 is 0 Å². The molecule has 5 heterocycles. The Morgan fingerprint density at radius 2 is 1.94 bits per heavy atom. The number of fused-ring (bicyclic) bond motifs is 5. The van der Waals surface area contributed by atoms with Gasteiger partial charge >= 0.3 is 0 Å². The zero-order valence-electron chi connectivity index (χ0n) is 17.6. The summed E-state index contributed by atoms with van der Waals surface area (Å²) >= 11 is 0. The van der Waals surface area contributed by atoms with Gasteiger partial charge in [0.05, 0.1) is 23.1 Å². The second-order valence-electron chi connectivity index (χ2n) is 8.20. The third-order valence-electron chi connectivity index (χ3n) is 5.81. The summed E-state index contributed by atoms with van der Waals surface area (Å²) in [5.41, 5.74) is 2.78. The predicted octanol–water partition coefficient (Wildman–Crippen LogP) is 2.79. The summed E-state index contributed by atoms with van der Waals surface area (Å²) in [5, 5.41) is 7.42. The van der Waals surface area contributed by atoms with Crippen LogP contribution in [0, 0.1) is 5.92 Å². The van der Waals surface area contributed by atoms with Crippen molar-refractivity contribution in [3.05, 3.63) is 60.2 Å². The first-order valence-corrected chi connectivity index (χ1v) is 10.6. The van der Waals surface area contributed by atoms with Crippen LogP contribution in [0.15, 0.2) is 48.8 Å². The molecule has 0 radical (unpaired) electrons. The van der Waals surface area contributed by atoms with Crippen LogP contribution in [0.4, 0.5) is 0 Å². The van der Waals surface area contributed by atoms with E-state index in [1.54, 1.807) is 12.4 Å². The zero-order valence-corrected chi connectivity index (χ0v) is 17.6. The molecule has 162 valence electrons. The molecule has 31 heavy (non-hydrogen) atoms. The molecule has 2 N–H and O–H groups in total. The number of hydrogen-bond acceptors (Lipinski definition) is 5. The summed E-state index contributed by atoms with van der Waals surface area (Å²) in [6, 6.07) is 12.2. The lowest BCUT2D eigenvalue weighted by Gasteiger charge is -2.35. The van der Waals surface area contributed by atoms with E-state index in [0.29, 0.717) is 17.5 Å². The van der Waals surface area contributed by atoms with Crippen LogP contribution in [0.25, 0.3) is 11.0 Å². The lowest BCUT2D eigenvalue weighted by molar-refractivity contribution is -0.134. The normalized spacial score (nSPS) is 20.7. The van der Waals surface area contributed by atoms with Crippen molar-refractivity contribution in [2.24, 2.45) is 5.92 Å². The maximum absolute atomic E-state index is 12.9. The number of rotatable bonds is 3.